The van der Waals surface area contributed by atoms with Gasteiger partial charge in [-0.3, -0.25) is 9.69 Å². The molecule has 1 N–H and O–H groups in total. The molecule has 0 saturated carbocycles. The first kappa shape index (κ1) is 14.0. The summed E-state index contributed by atoms with van der Waals surface area (Å²) in [7, 11) is 0. The summed E-state index contributed by atoms with van der Waals surface area (Å²) in [5, 5.41) is 3.00. The summed E-state index contributed by atoms with van der Waals surface area (Å²) >= 11 is 0. The van der Waals surface area contributed by atoms with E-state index in [0.717, 1.165) is 25.3 Å². The van der Waals surface area contributed by atoms with Gasteiger partial charge in [-0.25, -0.2) is 0 Å². The minimum atomic E-state index is 0.0767. The zero-order valence-electron chi connectivity index (χ0n) is 11.5. The third-order valence-electron chi connectivity index (χ3n) is 3.50. The van der Waals surface area contributed by atoms with Crippen molar-refractivity contribution in [2.45, 2.75) is 19.4 Å². The average molecular weight is 262 g/mol. The second kappa shape index (κ2) is 7.26. The number of carbonyl (C=O) groups is 1. The molecule has 0 bridgehead atoms. The van der Waals surface area contributed by atoms with Crippen molar-refractivity contribution in [3.05, 3.63) is 35.9 Å². The molecule has 1 atom stereocenters. The molecule has 0 spiro atoms. The molecule has 1 aromatic rings. The number of hydrogen-bond acceptors (Lipinski definition) is 3. The van der Waals surface area contributed by atoms with Crippen LogP contribution < -0.4 is 5.32 Å². The first-order valence-electron chi connectivity index (χ1n) is 6.92. The number of rotatable bonds is 5. The molecule has 1 aromatic carbocycles. The van der Waals surface area contributed by atoms with Crippen molar-refractivity contribution in [3.63, 3.8) is 0 Å². The molecule has 1 aliphatic rings. The normalized spacial score (nSPS) is 20.2. The maximum absolute atomic E-state index is 11.9. The van der Waals surface area contributed by atoms with Crippen molar-refractivity contribution in [1.29, 1.82) is 0 Å². The van der Waals surface area contributed by atoms with E-state index in [1.54, 1.807) is 0 Å². The largest absolute Gasteiger partial charge is 0.378 e. The second-order valence-electron chi connectivity index (χ2n) is 4.82. The summed E-state index contributed by atoms with van der Waals surface area (Å²) in [6.45, 7) is 6.27. The molecule has 1 aliphatic heterocycles. The molecule has 1 unspecified atom stereocenters. The Hall–Kier alpha value is -1.39. The molecule has 1 heterocycles. The molecule has 1 amide bonds. The van der Waals surface area contributed by atoms with Gasteiger partial charge in [0.1, 0.15) is 0 Å². The average Bonchev–Trinajstić information content (AvgIpc) is 2.46. The molecule has 1 saturated heterocycles. The highest BCUT2D eigenvalue weighted by molar-refractivity contribution is 5.78. The summed E-state index contributed by atoms with van der Waals surface area (Å²) in [6, 6.07) is 10.1. The van der Waals surface area contributed by atoms with Crippen molar-refractivity contribution in [3.8, 4) is 0 Å². The summed E-state index contributed by atoms with van der Waals surface area (Å²) < 4.78 is 5.47. The molecular formula is C15H22N2O2. The van der Waals surface area contributed by atoms with Crippen LogP contribution in [-0.2, 0) is 16.0 Å². The van der Waals surface area contributed by atoms with Gasteiger partial charge in [-0.2, -0.15) is 0 Å². The highest BCUT2D eigenvalue weighted by Gasteiger charge is 2.21. The summed E-state index contributed by atoms with van der Waals surface area (Å²) in [4.78, 5) is 14.2. The summed E-state index contributed by atoms with van der Waals surface area (Å²) in [5.41, 5.74) is 1.05. The van der Waals surface area contributed by atoms with Crippen LogP contribution >= 0.6 is 0 Å². The molecule has 1 fully saturated rings. The van der Waals surface area contributed by atoms with Gasteiger partial charge in [0.2, 0.25) is 5.91 Å². The van der Waals surface area contributed by atoms with Crippen LogP contribution in [0.15, 0.2) is 30.3 Å². The van der Waals surface area contributed by atoms with Crippen LogP contribution in [0.5, 0.6) is 0 Å². The Morgan fingerprint density at radius 1 is 1.42 bits per heavy atom. The van der Waals surface area contributed by atoms with Crippen LogP contribution in [0.2, 0.25) is 0 Å². The fourth-order valence-electron chi connectivity index (χ4n) is 2.37. The maximum Gasteiger partial charge on any atom is 0.224 e. The van der Waals surface area contributed by atoms with E-state index in [0.29, 0.717) is 25.6 Å². The monoisotopic (exact) mass is 262 g/mol. The topological polar surface area (TPSA) is 41.6 Å². The molecule has 0 aromatic heterocycles. The van der Waals surface area contributed by atoms with E-state index < -0.39 is 0 Å². The van der Waals surface area contributed by atoms with Crippen LogP contribution in [0, 0.1) is 0 Å². The Kier molecular flexibility index (Phi) is 5.36. The van der Waals surface area contributed by atoms with Gasteiger partial charge in [0.15, 0.2) is 0 Å². The highest BCUT2D eigenvalue weighted by Crippen LogP contribution is 2.05. The van der Waals surface area contributed by atoms with Gasteiger partial charge >= 0.3 is 0 Å². The lowest BCUT2D eigenvalue weighted by molar-refractivity contribution is -0.121. The molecule has 4 nitrogen and oxygen atoms in total. The van der Waals surface area contributed by atoms with Crippen LogP contribution in [0.1, 0.15) is 12.5 Å². The first-order valence-corrected chi connectivity index (χ1v) is 6.92. The SMILES string of the molecule is CCN1CCOCC1CNC(=O)Cc1ccccc1. The van der Waals surface area contributed by atoms with Gasteiger partial charge in [0.05, 0.1) is 25.7 Å². The van der Waals surface area contributed by atoms with Gasteiger partial charge in [-0.05, 0) is 12.1 Å². The number of amides is 1. The van der Waals surface area contributed by atoms with Crippen molar-refractivity contribution in [2.24, 2.45) is 0 Å². The fraction of sp³-hybridized carbons (Fsp3) is 0.533. The Morgan fingerprint density at radius 3 is 2.95 bits per heavy atom. The van der Waals surface area contributed by atoms with Crippen LogP contribution in [0.4, 0.5) is 0 Å². The van der Waals surface area contributed by atoms with Gasteiger partial charge in [0.25, 0.3) is 0 Å². The number of likely N-dealkylation sites (N-methyl/N-ethyl adjacent to an activating group) is 1. The van der Waals surface area contributed by atoms with E-state index in [2.05, 4.69) is 17.1 Å². The zero-order valence-corrected chi connectivity index (χ0v) is 11.5. The Labute approximate surface area is 114 Å². The lowest BCUT2D eigenvalue weighted by Gasteiger charge is -2.34. The van der Waals surface area contributed by atoms with Crippen LogP contribution in [-0.4, -0.2) is 49.7 Å². The van der Waals surface area contributed by atoms with E-state index >= 15 is 0 Å². The lowest BCUT2D eigenvalue weighted by atomic mass is 10.1. The zero-order chi connectivity index (χ0) is 13.5. The van der Waals surface area contributed by atoms with Crippen molar-refractivity contribution < 1.29 is 9.53 Å². The molecule has 104 valence electrons. The lowest BCUT2D eigenvalue weighted by Crippen LogP contribution is -2.51. The van der Waals surface area contributed by atoms with E-state index in [4.69, 9.17) is 4.74 Å². The molecule has 0 radical (unpaired) electrons. The van der Waals surface area contributed by atoms with E-state index in [1.807, 2.05) is 30.3 Å². The van der Waals surface area contributed by atoms with Crippen molar-refractivity contribution in [1.82, 2.24) is 10.2 Å². The quantitative estimate of drug-likeness (QED) is 0.863. The molecule has 2 rings (SSSR count). The minimum absolute atomic E-state index is 0.0767. The number of carbonyl (C=O) groups excluding carboxylic acids is 1. The third kappa shape index (κ3) is 4.33. The van der Waals surface area contributed by atoms with Crippen molar-refractivity contribution in [2.75, 3.05) is 32.8 Å². The van der Waals surface area contributed by atoms with E-state index in [1.165, 1.54) is 0 Å². The standard InChI is InChI=1S/C15H22N2O2/c1-2-17-8-9-19-12-14(17)11-16-15(18)10-13-6-4-3-5-7-13/h3-7,14H,2,8-12H2,1H3,(H,16,18). The predicted octanol–water partition coefficient (Wildman–Crippen LogP) is 1.07. The Balaban J connectivity index is 1.76. The predicted molar refractivity (Wildman–Crippen MR) is 75.0 cm³/mol. The van der Waals surface area contributed by atoms with E-state index in [9.17, 15) is 4.79 Å². The molecular weight excluding hydrogens is 240 g/mol. The third-order valence-corrected chi connectivity index (χ3v) is 3.50. The van der Waals surface area contributed by atoms with Gasteiger partial charge in [-0.1, -0.05) is 37.3 Å². The van der Waals surface area contributed by atoms with Crippen LogP contribution in [0.25, 0.3) is 0 Å². The van der Waals surface area contributed by atoms with Gasteiger partial charge in [-0.15, -0.1) is 0 Å². The van der Waals surface area contributed by atoms with Crippen LogP contribution in [0.3, 0.4) is 0 Å². The number of nitrogens with one attached hydrogen (secondary N) is 1. The Bertz CT molecular complexity index is 394. The van der Waals surface area contributed by atoms with Crippen molar-refractivity contribution >= 4 is 5.91 Å². The Morgan fingerprint density at radius 2 is 2.21 bits per heavy atom. The number of ether oxygens (including phenoxy) is 1. The van der Waals surface area contributed by atoms with Gasteiger partial charge < -0.3 is 10.1 Å². The second-order valence-corrected chi connectivity index (χ2v) is 4.82. The number of benzene rings is 1. The summed E-state index contributed by atoms with van der Waals surface area (Å²) in [6.07, 6.45) is 0.445. The summed E-state index contributed by atoms with van der Waals surface area (Å²) in [5.74, 6) is 0.0767. The molecule has 0 aliphatic carbocycles. The molecule has 4 heteroatoms. The number of hydrogen-bond donors (Lipinski definition) is 1. The minimum Gasteiger partial charge on any atom is -0.378 e. The highest BCUT2D eigenvalue weighted by atomic mass is 16.5. The number of morpholine rings is 1. The number of nitrogens with zero attached hydrogens (tertiary/aromatic N) is 1. The van der Waals surface area contributed by atoms with E-state index in [-0.39, 0.29) is 5.91 Å². The first-order chi connectivity index (χ1) is 9.29. The maximum atomic E-state index is 11.9. The fourth-order valence-corrected chi connectivity index (χ4v) is 2.37. The smallest absolute Gasteiger partial charge is 0.224 e. The van der Waals surface area contributed by atoms with Gasteiger partial charge in [0, 0.05) is 13.1 Å². The molecule has 19 heavy (non-hydrogen) atoms.